The number of hydrogen-bond acceptors (Lipinski definition) is 3. The first-order valence-corrected chi connectivity index (χ1v) is 6.88. The molecule has 0 bridgehead atoms. The highest BCUT2D eigenvalue weighted by Crippen LogP contribution is 2.05. The first kappa shape index (κ1) is 14.2. The summed E-state index contributed by atoms with van der Waals surface area (Å²) in [7, 11) is 0. The number of nitrogens with one attached hydrogen (secondary N) is 1. The lowest BCUT2D eigenvalue weighted by Crippen LogP contribution is -2.47. The van der Waals surface area contributed by atoms with Crippen molar-refractivity contribution in [3.05, 3.63) is 0 Å². The van der Waals surface area contributed by atoms with Gasteiger partial charge in [-0.25, -0.2) is 0 Å². The summed E-state index contributed by atoms with van der Waals surface area (Å²) in [4.78, 5) is 2.43. The highest BCUT2D eigenvalue weighted by molar-refractivity contribution is 6.20. The molecule has 0 aliphatic carbocycles. The van der Waals surface area contributed by atoms with E-state index in [2.05, 4.69) is 24.1 Å². The third kappa shape index (κ3) is 5.48. The van der Waals surface area contributed by atoms with E-state index in [1.54, 1.807) is 0 Å². The van der Waals surface area contributed by atoms with Gasteiger partial charge in [0.05, 0.1) is 12.7 Å². The lowest BCUT2D eigenvalue weighted by atomic mass is 10.2. The van der Waals surface area contributed by atoms with Gasteiger partial charge in [0, 0.05) is 31.6 Å². The van der Waals surface area contributed by atoms with Crippen molar-refractivity contribution in [3.63, 3.8) is 0 Å². The minimum Gasteiger partial charge on any atom is -0.374 e. The van der Waals surface area contributed by atoms with Crippen molar-refractivity contribution < 1.29 is 4.74 Å². The molecule has 1 fully saturated rings. The first-order chi connectivity index (χ1) is 7.76. The van der Waals surface area contributed by atoms with E-state index in [0.717, 1.165) is 52.2 Å². The lowest BCUT2D eigenvalue weighted by molar-refractivity contribution is -0.0251. The van der Waals surface area contributed by atoms with Crippen molar-refractivity contribution >= 4 is 11.6 Å². The van der Waals surface area contributed by atoms with Crippen molar-refractivity contribution in [1.29, 1.82) is 0 Å². The smallest absolute Gasteiger partial charge is 0.0826 e. The second-order valence-corrected chi connectivity index (χ2v) is 5.05. The third-order valence-electron chi connectivity index (χ3n) is 3.01. The van der Waals surface area contributed by atoms with Crippen LogP contribution in [-0.4, -0.2) is 55.7 Å². The summed E-state index contributed by atoms with van der Waals surface area (Å²) >= 11 is 6.14. The molecular formula is C12H25ClN2O. The molecule has 0 amide bonds. The number of alkyl halides is 1. The van der Waals surface area contributed by atoms with Crippen LogP contribution in [0.5, 0.6) is 0 Å². The maximum atomic E-state index is 6.14. The molecule has 1 rings (SSSR count). The summed E-state index contributed by atoms with van der Waals surface area (Å²) in [6, 6.07) is 0. The second-order valence-electron chi connectivity index (χ2n) is 4.43. The van der Waals surface area contributed by atoms with Crippen LogP contribution >= 0.6 is 11.6 Å². The number of halogens is 1. The predicted molar refractivity (Wildman–Crippen MR) is 69.3 cm³/mol. The Morgan fingerprint density at radius 3 is 3.00 bits per heavy atom. The van der Waals surface area contributed by atoms with Gasteiger partial charge in [-0.3, -0.25) is 4.90 Å². The Kier molecular flexibility index (Phi) is 7.37. The number of hydrogen-bond donors (Lipinski definition) is 1. The first-order valence-electron chi connectivity index (χ1n) is 6.45. The van der Waals surface area contributed by atoms with Crippen LogP contribution in [0.1, 0.15) is 26.7 Å². The van der Waals surface area contributed by atoms with Gasteiger partial charge in [0.25, 0.3) is 0 Å². The Morgan fingerprint density at radius 1 is 1.50 bits per heavy atom. The molecule has 1 heterocycles. The van der Waals surface area contributed by atoms with Crippen molar-refractivity contribution in [2.45, 2.75) is 38.2 Å². The largest absolute Gasteiger partial charge is 0.374 e. The number of ether oxygens (including phenoxy) is 1. The summed E-state index contributed by atoms with van der Waals surface area (Å²) in [5, 5.41) is 3.66. The van der Waals surface area contributed by atoms with Crippen LogP contribution in [0.3, 0.4) is 0 Å². The van der Waals surface area contributed by atoms with Gasteiger partial charge >= 0.3 is 0 Å². The fourth-order valence-corrected chi connectivity index (χ4v) is 2.33. The molecule has 96 valence electrons. The normalized spacial score (nSPS) is 24.6. The Bertz CT molecular complexity index is 180. The highest BCUT2D eigenvalue weighted by Gasteiger charge is 2.18. The van der Waals surface area contributed by atoms with E-state index in [1.807, 2.05) is 0 Å². The molecule has 0 aromatic carbocycles. The molecule has 3 nitrogen and oxygen atoms in total. The summed E-state index contributed by atoms with van der Waals surface area (Å²) in [5.41, 5.74) is 0. The molecule has 1 aliphatic heterocycles. The summed E-state index contributed by atoms with van der Waals surface area (Å²) < 4.78 is 5.70. The molecule has 1 saturated heterocycles. The van der Waals surface area contributed by atoms with E-state index in [9.17, 15) is 0 Å². The van der Waals surface area contributed by atoms with E-state index in [1.165, 1.54) is 0 Å². The summed E-state index contributed by atoms with van der Waals surface area (Å²) in [5.74, 6) is 0. The number of rotatable bonds is 7. The molecule has 1 aliphatic rings. The topological polar surface area (TPSA) is 24.5 Å². The second kappa shape index (κ2) is 8.29. The Balaban J connectivity index is 2.08. The molecule has 0 saturated carbocycles. The van der Waals surface area contributed by atoms with Gasteiger partial charge in [0.2, 0.25) is 0 Å². The van der Waals surface area contributed by atoms with E-state index in [4.69, 9.17) is 16.3 Å². The average Bonchev–Trinajstić information content (AvgIpc) is 2.30. The van der Waals surface area contributed by atoms with Crippen LogP contribution in [0.4, 0.5) is 0 Å². The van der Waals surface area contributed by atoms with Gasteiger partial charge in [-0.1, -0.05) is 20.3 Å². The van der Waals surface area contributed by atoms with Gasteiger partial charge in [-0.05, 0) is 13.0 Å². The van der Waals surface area contributed by atoms with Crippen LogP contribution in [0.25, 0.3) is 0 Å². The molecule has 0 spiro atoms. The Hall–Kier alpha value is 0.170. The molecule has 2 unspecified atom stereocenters. The average molecular weight is 249 g/mol. The maximum Gasteiger partial charge on any atom is 0.0826 e. The fourth-order valence-electron chi connectivity index (χ4n) is 2.01. The van der Waals surface area contributed by atoms with Gasteiger partial charge in [-0.15, -0.1) is 11.6 Å². The van der Waals surface area contributed by atoms with E-state index in [0.29, 0.717) is 6.10 Å². The quantitative estimate of drug-likeness (QED) is 0.695. The van der Waals surface area contributed by atoms with Crippen molar-refractivity contribution in [2.24, 2.45) is 0 Å². The van der Waals surface area contributed by atoms with Crippen LogP contribution in [0.2, 0.25) is 0 Å². The third-order valence-corrected chi connectivity index (χ3v) is 3.38. The Morgan fingerprint density at radius 2 is 2.31 bits per heavy atom. The molecule has 0 aromatic heterocycles. The standard InChI is InChI=1S/C12H25ClN2O/c1-3-5-11(13)8-14-9-12-10-15(4-2)6-7-16-12/h11-12,14H,3-10H2,1-2H3. The zero-order valence-corrected chi connectivity index (χ0v) is 11.3. The molecule has 1 N–H and O–H groups in total. The predicted octanol–water partition coefficient (Wildman–Crippen LogP) is 1.70. The number of morpholine rings is 1. The highest BCUT2D eigenvalue weighted by atomic mass is 35.5. The van der Waals surface area contributed by atoms with Crippen LogP contribution < -0.4 is 5.32 Å². The molecule has 0 radical (unpaired) electrons. The van der Waals surface area contributed by atoms with E-state index >= 15 is 0 Å². The van der Waals surface area contributed by atoms with Gasteiger partial charge in [-0.2, -0.15) is 0 Å². The van der Waals surface area contributed by atoms with Gasteiger partial charge in [0.15, 0.2) is 0 Å². The van der Waals surface area contributed by atoms with Crippen LogP contribution in [0.15, 0.2) is 0 Å². The lowest BCUT2D eigenvalue weighted by Gasteiger charge is -2.32. The molecule has 16 heavy (non-hydrogen) atoms. The summed E-state index contributed by atoms with van der Waals surface area (Å²) in [6.07, 6.45) is 2.57. The molecular weight excluding hydrogens is 224 g/mol. The monoisotopic (exact) mass is 248 g/mol. The van der Waals surface area contributed by atoms with Crippen LogP contribution in [0, 0.1) is 0 Å². The minimum absolute atomic E-state index is 0.260. The van der Waals surface area contributed by atoms with Crippen LogP contribution in [-0.2, 0) is 4.74 Å². The van der Waals surface area contributed by atoms with Gasteiger partial charge < -0.3 is 10.1 Å². The van der Waals surface area contributed by atoms with Crippen molar-refractivity contribution in [2.75, 3.05) is 39.3 Å². The zero-order valence-electron chi connectivity index (χ0n) is 10.5. The van der Waals surface area contributed by atoms with Crippen molar-refractivity contribution in [1.82, 2.24) is 10.2 Å². The molecule has 2 atom stereocenters. The van der Waals surface area contributed by atoms with Gasteiger partial charge in [0.1, 0.15) is 0 Å². The fraction of sp³-hybridized carbons (Fsp3) is 1.00. The number of nitrogens with zero attached hydrogens (tertiary/aromatic N) is 1. The SMILES string of the molecule is CCCC(Cl)CNCC1CN(CC)CCO1. The molecule has 4 heteroatoms. The Labute approximate surface area is 104 Å². The zero-order chi connectivity index (χ0) is 11.8. The number of likely N-dealkylation sites (N-methyl/N-ethyl adjacent to an activating group) is 1. The van der Waals surface area contributed by atoms with Crippen molar-refractivity contribution in [3.8, 4) is 0 Å². The summed E-state index contributed by atoms with van der Waals surface area (Å²) in [6.45, 7) is 10.3. The maximum absolute atomic E-state index is 6.14. The van der Waals surface area contributed by atoms with E-state index < -0.39 is 0 Å². The molecule has 0 aromatic rings. The van der Waals surface area contributed by atoms with E-state index in [-0.39, 0.29) is 5.38 Å². The minimum atomic E-state index is 0.260.